The van der Waals surface area contributed by atoms with Gasteiger partial charge in [-0.25, -0.2) is 4.79 Å². The average Bonchev–Trinajstić information content (AvgIpc) is 2.48. The highest BCUT2D eigenvalue weighted by atomic mass is 35.5. The molecule has 2 rings (SSSR count). The molecule has 0 aliphatic rings. The van der Waals surface area contributed by atoms with Crippen LogP contribution in [0.25, 0.3) is 0 Å². The van der Waals surface area contributed by atoms with Gasteiger partial charge in [-0.1, -0.05) is 54.1 Å². The summed E-state index contributed by atoms with van der Waals surface area (Å²) in [5.74, 6) is -1.58. The Hall–Kier alpha value is -2.33. The van der Waals surface area contributed by atoms with Gasteiger partial charge in [0, 0.05) is 6.42 Å². The third kappa shape index (κ3) is 4.07. The molecule has 0 unspecified atom stereocenters. The molecule has 0 spiro atoms. The van der Waals surface area contributed by atoms with Crippen LogP contribution in [0.5, 0.6) is 0 Å². The van der Waals surface area contributed by atoms with E-state index >= 15 is 0 Å². The highest BCUT2D eigenvalue weighted by molar-refractivity contribution is 6.33. The first-order valence-electron chi connectivity index (χ1n) is 6.40. The minimum atomic E-state index is -1.08. The van der Waals surface area contributed by atoms with E-state index in [2.05, 4.69) is 5.32 Å². The summed E-state index contributed by atoms with van der Waals surface area (Å²) in [4.78, 5) is 23.4. The Morgan fingerprint density at radius 1 is 1.05 bits per heavy atom. The normalized spacial score (nSPS) is 11.7. The van der Waals surface area contributed by atoms with Crippen molar-refractivity contribution in [3.05, 3.63) is 70.7 Å². The molecule has 1 amide bonds. The highest BCUT2D eigenvalue weighted by Crippen LogP contribution is 2.15. The summed E-state index contributed by atoms with van der Waals surface area (Å²) < 4.78 is 0. The first-order chi connectivity index (χ1) is 10.1. The fourth-order valence-electron chi connectivity index (χ4n) is 1.93. The number of aliphatic carboxylic acids is 1. The number of amides is 1. The molecular formula is C16H14ClNO3. The first-order valence-corrected chi connectivity index (χ1v) is 6.78. The zero-order chi connectivity index (χ0) is 15.2. The molecule has 21 heavy (non-hydrogen) atoms. The predicted molar refractivity (Wildman–Crippen MR) is 80.5 cm³/mol. The van der Waals surface area contributed by atoms with Crippen molar-refractivity contribution in [1.82, 2.24) is 5.32 Å². The summed E-state index contributed by atoms with van der Waals surface area (Å²) in [6.07, 6.45) is 0.215. The van der Waals surface area contributed by atoms with Gasteiger partial charge < -0.3 is 10.4 Å². The number of halogens is 1. The number of benzene rings is 2. The molecule has 1 atom stereocenters. The topological polar surface area (TPSA) is 66.4 Å². The van der Waals surface area contributed by atoms with Crippen LogP contribution in [-0.2, 0) is 11.2 Å². The molecule has 0 saturated carbocycles. The van der Waals surface area contributed by atoms with E-state index in [1.807, 2.05) is 30.3 Å². The van der Waals surface area contributed by atoms with Crippen molar-refractivity contribution in [1.29, 1.82) is 0 Å². The maximum Gasteiger partial charge on any atom is 0.326 e. The van der Waals surface area contributed by atoms with E-state index in [-0.39, 0.29) is 12.0 Å². The number of hydrogen-bond acceptors (Lipinski definition) is 2. The Bertz CT molecular complexity index is 643. The van der Waals surface area contributed by atoms with Crippen LogP contribution in [0.15, 0.2) is 54.6 Å². The summed E-state index contributed by atoms with van der Waals surface area (Å²) in [6.45, 7) is 0. The summed E-state index contributed by atoms with van der Waals surface area (Å²) in [7, 11) is 0. The van der Waals surface area contributed by atoms with Gasteiger partial charge in [-0.15, -0.1) is 0 Å². The van der Waals surface area contributed by atoms with E-state index in [1.165, 1.54) is 0 Å². The van der Waals surface area contributed by atoms with Crippen molar-refractivity contribution < 1.29 is 14.7 Å². The molecule has 0 aromatic heterocycles. The second-order valence-electron chi connectivity index (χ2n) is 4.53. The molecular weight excluding hydrogens is 290 g/mol. The van der Waals surface area contributed by atoms with Gasteiger partial charge in [-0.3, -0.25) is 4.79 Å². The van der Waals surface area contributed by atoms with E-state index in [9.17, 15) is 14.7 Å². The Kier molecular flexibility index (Phi) is 4.95. The number of carboxylic acid groups (broad SMARTS) is 1. The van der Waals surface area contributed by atoms with Crippen molar-refractivity contribution in [2.75, 3.05) is 0 Å². The summed E-state index contributed by atoms with van der Waals surface area (Å²) >= 11 is 5.93. The maximum atomic E-state index is 12.1. The minimum absolute atomic E-state index is 0.215. The number of rotatable bonds is 5. The molecule has 0 bridgehead atoms. The quantitative estimate of drug-likeness (QED) is 0.892. The van der Waals surface area contributed by atoms with E-state index in [0.29, 0.717) is 5.02 Å². The van der Waals surface area contributed by atoms with Gasteiger partial charge in [0.1, 0.15) is 6.04 Å². The predicted octanol–water partition coefficient (Wildman–Crippen LogP) is 2.77. The Morgan fingerprint density at radius 2 is 1.67 bits per heavy atom. The van der Waals surface area contributed by atoms with Crippen LogP contribution < -0.4 is 5.32 Å². The standard InChI is InChI=1S/C16H14ClNO3/c17-13-9-5-4-8-12(13)15(19)18-14(16(20)21)10-11-6-2-1-3-7-11/h1-9,14H,10H2,(H,18,19)(H,20,21)/t14-/m0/s1. The summed E-state index contributed by atoms with van der Waals surface area (Å²) in [5.41, 5.74) is 1.10. The smallest absolute Gasteiger partial charge is 0.326 e. The van der Waals surface area contributed by atoms with Crippen LogP contribution in [0.1, 0.15) is 15.9 Å². The lowest BCUT2D eigenvalue weighted by Crippen LogP contribution is -2.42. The Balaban J connectivity index is 2.12. The zero-order valence-corrected chi connectivity index (χ0v) is 11.9. The third-order valence-electron chi connectivity index (χ3n) is 3.00. The zero-order valence-electron chi connectivity index (χ0n) is 11.1. The van der Waals surface area contributed by atoms with Gasteiger partial charge in [-0.2, -0.15) is 0 Å². The van der Waals surface area contributed by atoms with Gasteiger partial charge in [0.15, 0.2) is 0 Å². The number of nitrogens with one attached hydrogen (secondary N) is 1. The number of carboxylic acids is 1. The first kappa shape index (κ1) is 15.1. The lowest BCUT2D eigenvalue weighted by molar-refractivity contribution is -0.139. The molecule has 0 aliphatic heterocycles. The van der Waals surface area contributed by atoms with Crippen LogP contribution in [0, 0.1) is 0 Å². The molecule has 0 saturated heterocycles. The van der Waals surface area contributed by atoms with Crippen molar-refractivity contribution >= 4 is 23.5 Å². The van der Waals surface area contributed by atoms with Gasteiger partial charge in [0.2, 0.25) is 0 Å². The van der Waals surface area contributed by atoms with Crippen LogP contribution in [-0.4, -0.2) is 23.0 Å². The van der Waals surface area contributed by atoms with Crippen molar-refractivity contribution in [2.24, 2.45) is 0 Å². The average molecular weight is 304 g/mol. The largest absolute Gasteiger partial charge is 0.480 e. The fraction of sp³-hybridized carbons (Fsp3) is 0.125. The molecule has 0 aliphatic carbocycles. The number of hydrogen-bond donors (Lipinski definition) is 2. The summed E-state index contributed by atoms with van der Waals surface area (Å²) in [5, 5.41) is 12.0. The molecule has 2 aromatic rings. The van der Waals surface area contributed by atoms with Crippen LogP contribution in [0.3, 0.4) is 0 Å². The molecule has 2 aromatic carbocycles. The third-order valence-corrected chi connectivity index (χ3v) is 3.33. The molecule has 2 N–H and O–H groups in total. The van der Waals surface area contributed by atoms with Crippen molar-refractivity contribution in [3.63, 3.8) is 0 Å². The molecule has 5 heteroatoms. The number of carbonyl (C=O) groups is 2. The monoisotopic (exact) mass is 303 g/mol. The SMILES string of the molecule is O=C(N[C@@H](Cc1ccccc1)C(=O)O)c1ccccc1Cl. The fourth-order valence-corrected chi connectivity index (χ4v) is 2.15. The lowest BCUT2D eigenvalue weighted by Gasteiger charge is -2.15. The van der Waals surface area contributed by atoms with Gasteiger partial charge in [0.25, 0.3) is 5.91 Å². The van der Waals surface area contributed by atoms with Crippen LogP contribution >= 0.6 is 11.6 Å². The molecule has 4 nitrogen and oxygen atoms in total. The molecule has 0 fully saturated rings. The maximum absolute atomic E-state index is 12.1. The van der Waals surface area contributed by atoms with E-state index < -0.39 is 17.9 Å². The molecule has 0 radical (unpaired) electrons. The molecule has 108 valence electrons. The minimum Gasteiger partial charge on any atom is -0.480 e. The second kappa shape index (κ2) is 6.90. The molecule has 0 heterocycles. The van der Waals surface area contributed by atoms with Crippen LogP contribution in [0.4, 0.5) is 0 Å². The van der Waals surface area contributed by atoms with Crippen molar-refractivity contribution in [3.8, 4) is 0 Å². The second-order valence-corrected chi connectivity index (χ2v) is 4.94. The van der Waals surface area contributed by atoms with Crippen LogP contribution in [0.2, 0.25) is 5.02 Å². The number of carbonyl (C=O) groups excluding carboxylic acids is 1. The van der Waals surface area contributed by atoms with E-state index in [1.54, 1.807) is 24.3 Å². The van der Waals surface area contributed by atoms with Crippen molar-refractivity contribution in [2.45, 2.75) is 12.5 Å². The van der Waals surface area contributed by atoms with Gasteiger partial charge in [0.05, 0.1) is 10.6 Å². The highest BCUT2D eigenvalue weighted by Gasteiger charge is 2.21. The van der Waals surface area contributed by atoms with Gasteiger partial charge >= 0.3 is 5.97 Å². The lowest BCUT2D eigenvalue weighted by atomic mass is 10.1. The Morgan fingerprint density at radius 3 is 2.29 bits per heavy atom. The Labute approximate surface area is 127 Å². The van der Waals surface area contributed by atoms with Gasteiger partial charge in [-0.05, 0) is 17.7 Å². The van der Waals surface area contributed by atoms with E-state index in [0.717, 1.165) is 5.56 Å². The summed E-state index contributed by atoms with van der Waals surface area (Å²) in [6, 6.07) is 14.6. The van der Waals surface area contributed by atoms with E-state index in [4.69, 9.17) is 11.6 Å².